The van der Waals surface area contributed by atoms with Crippen molar-refractivity contribution in [1.29, 1.82) is 0 Å². The van der Waals surface area contributed by atoms with E-state index in [0.717, 1.165) is 16.7 Å². The van der Waals surface area contributed by atoms with Crippen LogP contribution in [0.3, 0.4) is 0 Å². The zero-order valence-corrected chi connectivity index (χ0v) is 20.7. The quantitative estimate of drug-likeness (QED) is 0.143. The number of nitrogens with zero attached hydrogens (tertiary/aromatic N) is 1. The van der Waals surface area contributed by atoms with Crippen LogP contribution >= 0.6 is 0 Å². The maximum atomic E-state index is 13.2. The number of benzene rings is 1. The van der Waals surface area contributed by atoms with Crippen LogP contribution in [0.4, 0.5) is 4.79 Å². The molecule has 0 unspecified atom stereocenters. The predicted molar refractivity (Wildman–Crippen MR) is 128 cm³/mol. The molecule has 1 rings (SSSR count). The van der Waals surface area contributed by atoms with Crippen LogP contribution in [0.5, 0.6) is 5.75 Å². The lowest BCUT2D eigenvalue weighted by molar-refractivity contribution is -0.145. The van der Waals surface area contributed by atoms with Gasteiger partial charge < -0.3 is 36.7 Å². The zero-order valence-electron chi connectivity index (χ0n) is 20.7. The standard InChI is InChI=1S/C23H37N5O6/c1-13-10-15(29)11-14(2)16(13)12-18(28-22(32)34-23(3,4)5)19(30)27-17(20(31)33-6)8-7-9-26-21(24)25/h10-11,17-18,29H,7-9,12H2,1-6H3,(H,27,30)(H,28,32)(H4,24,25,26)/t17-,18+/m0/s1. The van der Waals surface area contributed by atoms with Gasteiger partial charge in [0.15, 0.2) is 5.96 Å². The second kappa shape index (κ2) is 12.7. The van der Waals surface area contributed by atoms with E-state index >= 15 is 0 Å². The molecule has 0 aliphatic carbocycles. The topological polar surface area (TPSA) is 178 Å². The Balaban J connectivity index is 3.12. The summed E-state index contributed by atoms with van der Waals surface area (Å²) in [5.74, 6) is -1.19. The van der Waals surface area contributed by atoms with Crippen molar-refractivity contribution in [3.8, 4) is 5.75 Å². The largest absolute Gasteiger partial charge is 0.508 e. The molecule has 0 saturated carbocycles. The Hall–Kier alpha value is -3.50. The number of esters is 1. The molecule has 0 bridgehead atoms. The Labute approximate surface area is 200 Å². The van der Waals surface area contributed by atoms with Crippen molar-refractivity contribution in [3.63, 3.8) is 0 Å². The Kier molecular flexibility index (Phi) is 10.6. The molecular weight excluding hydrogens is 442 g/mol. The molecule has 34 heavy (non-hydrogen) atoms. The van der Waals surface area contributed by atoms with Crippen molar-refractivity contribution in [2.75, 3.05) is 13.7 Å². The monoisotopic (exact) mass is 479 g/mol. The molecule has 0 heterocycles. The van der Waals surface area contributed by atoms with E-state index in [2.05, 4.69) is 15.6 Å². The highest BCUT2D eigenvalue weighted by atomic mass is 16.6. The average molecular weight is 480 g/mol. The molecule has 0 radical (unpaired) electrons. The summed E-state index contributed by atoms with van der Waals surface area (Å²) in [7, 11) is 1.22. The van der Waals surface area contributed by atoms with E-state index in [1.165, 1.54) is 7.11 Å². The molecule has 11 heteroatoms. The number of amides is 2. The Morgan fingerprint density at radius 2 is 1.68 bits per heavy atom. The van der Waals surface area contributed by atoms with Crippen molar-refractivity contribution in [3.05, 3.63) is 28.8 Å². The molecule has 0 aromatic heterocycles. The lowest BCUT2D eigenvalue weighted by Crippen LogP contribution is -2.53. The zero-order chi connectivity index (χ0) is 26.1. The molecule has 0 aliphatic heterocycles. The second-order valence-corrected chi connectivity index (χ2v) is 8.99. The van der Waals surface area contributed by atoms with E-state index in [1.807, 2.05) is 0 Å². The van der Waals surface area contributed by atoms with Crippen LogP contribution in [0.15, 0.2) is 17.1 Å². The molecule has 0 aliphatic rings. The number of phenolic OH excluding ortho intramolecular Hbond substituents is 1. The Morgan fingerprint density at radius 1 is 1.09 bits per heavy atom. The molecule has 0 saturated heterocycles. The number of ether oxygens (including phenoxy) is 2. The first-order valence-electron chi connectivity index (χ1n) is 11.0. The number of guanidine groups is 1. The van der Waals surface area contributed by atoms with E-state index < -0.39 is 35.7 Å². The Morgan fingerprint density at radius 3 is 2.18 bits per heavy atom. The first-order valence-corrected chi connectivity index (χ1v) is 11.0. The molecule has 0 fully saturated rings. The molecule has 190 valence electrons. The third-order valence-corrected chi connectivity index (χ3v) is 4.84. The van der Waals surface area contributed by atoms with E-state index in [9.17, 15) is 19.5 Å². The summed E-state index contributed by atoms with van der Waals surface area (Å²) in [4.78, 5) is 41.8. The van der Waals surface area contributed by atoms with Crippen LogP contribution in [-0.4, -0.2) is 60.4 Å². The number of carbonyl (C=O) groups excluding carboxylic acids is 3. The summed E-state index contributed by atoms with van der Waals surface area (Å²) in [6.07, 6.45) is -0.0152. The summed E-state index contributed by atoms with van der Waals surface area (Å²) in [6, 6.07) is 1.13. The number of methoxy groups -OCH3 is 1. The second-order valence-electron chi connectivity index (χ2n) is 8.99. The molecule has 11 nitrogen and oxygen atoms in total. The summed E-state index contributed by atoms with van der Waals surface area (Å²) in [5, 5.41) is 15.1. The van der Waals surface area contributed by atoms with Gasteiger partial charge in [-0.1, -0.05) is 0 Å². The van der Waals surface area contributed by atoms with E-state index in [0.29, 0.717) is 6.42 Å². The fourth-order valence-corrected chi connectivity index (χ4v) is 3.32. The number of aromatic hydroxyl groups is 1. The molecule has 2 amide bonds. The van der Waals surface area contributed by atoms with Gasteiger partial charge in [0.25, 0.3) is 0 Å². The summed E-state index contributed by atoms with van der Waals surface area (Å²) < 4.78 is 10.1. The number of nitrogens with one attached hydrogen (secondary N) is 2. The van der Waals surface area contributed by atoms with Crippen LogP contribution < -0.4 is 22.1 Å². The number of nitrogens with two attached hydrogens (primary N) is 2. The van der Waals surface area contributed by atoms with Crippen molar-refractivity contribution in [1.82, 2.24) is 10.6 Å². The van der Waals surface area contributed by atoms with Gasteiger partial charge in [0.2, 0.25) is 5.91 Å². The van der Waals surface area contributed by atoms with Gasteiger partial charge in [0.1, 0.15) is 23.4 Å². The summed E-state index contributed by atoms with van der Waals surface area (Å²) in [5.41, 5.74) is 12.1. The lowest BCUT2D eigenvalue weighted by atomic mass is 9.95. The minimum Gasteiger partial charge on any atom is -0.508 e. The molecule has 1 aromatic carbocycles. The minimum atomic E-state index is -1.05. The summed E-state index contributed by atoms with van der Waals surface area (Å²) in [6.45, 7) is 8.99. The number of carbonyl (C=O) groups is 3. The highest BCUT2D eigenvalue weighted by molar-refractivity contribution is 5.90. The number of rotatable bonds is 10. The average Bonchev–Trinajstić information content (AvgIpc) is 2.69. The van der Waals surface area contributed by atoms with Gasteiger partial charge in [-0.05, 0) is 76.3 Å². The highest BCUT2D eigenvalue weighted by Crippen LogP contribution is 2.22. The molecule has 2 atom stereocenters. The highest BCUT2D eigenvalue weighted by Gasteiger charge is 2.29. The SMILES string of the molecule is COC(=O)[C@H](CCCN=C(N)N)NC(=O)[C@@H](Cc1c(C)cc(O)cc1C)NC(=O)OC(C)(C)C. The van der Waals surface area contributed by atoms with Crippen LogP contribution in [-0.2, 0) is 25.5 Å². The maximum absolute atomic E-state index is 13.2. The lowest BCUT2D eigenvalue weighted by Gasteiger charge is -2.25. The molecule has 0 spiro atoms. The predicted octanol–water partition coefficient (Wildman–Crippen LogP) is 1.16. The maximum Gasteiger partial charge on any atom is 0.408 e. The number of hydrogen-bond donors (Lipinski definition) is 5. The first kappa shape index (κ1) is 28.5. The van der Waals surface area contributed by atoms with Gasteiger partial charge in [-0.3, -0.25) is 9.79 Å². The molecule has 1 aromatic rings. The number of aliphatic imine (C=N–C) groups is 1. The van der Waals surface area contributed by atoms with E-state index in [4.69, 9.17) is 20.9 Å². The fraction of sp³-hybridized carbons (Fsp3) is 0.565. The van der Waals surface area contributed by atoms with Crippen molar-refractivity contribution < 1.29 is 29.0 Å². The van der Waals surface area contributed by atoms with Gasteiger partial charge in [0.05, 0.1) is 7.11 Å². The minimum absolute atomic E-state index is 0.0695. The number of alkyl carbamates (subject to hydrolysis) is 1. The number of hydrogen-bond acceptors (Lipinski definition) is 7. The van der Waals surface area contributed by atoms with E-state index in [1.54, 1.807) is 46.8 Å². The molecule has 7 N–H and O–H groups in total. The first-order chi connectivity index (χ1) is 15.7. The van der Waals surface area contributed by atoms with Crippen molar-refractivity contribution in [2.24, 2.45) is 16.5 Å². The van der Waals surface area contributed by atoms with Crippen LogP contribution in [0, 0.1) is 13.8 Å². The van der Waals surface area contributed by atoms with Gasteiger partial charge in [0, 0.05) is 13.0 Å². The van der Waals surface area contributed by atoms with Crippen molar-refractivity contribution in [2.45, 2.75) is 71.6 Å². The number of phenols is 1. The third kappa shape index (κ3) is 9.97. The number of aryl methyl sites for hydroxylation is 2. The van der Waals surface area contributed by atoms with Crippen LogP contribution in [0.1, 0.15) is 50.3 Å². The van der Waals surface area contributed by atoms with Gasteiger partial charge in [-0.15, -0.1) is 0 Å². The van der Waals surface area contributed by atoms with Gasteiger partial charge in [-0.2, -0.15) is 0 Å². The van der Waals surface area contributed by atoms with Crippen LogP contribution in [0.2, 0.25) is 0 Å². The summed E-state index contributed by atoms with van der Waals surface area (Å²) >= 11 is 0. The normalized spacial score (nSPS) is 12.8. The Bertz CT molecular complexity index is 883. The smallest absolute Gasteiger partial charge is 0.408 e. The van der Waals surface area contributed by atoms with Crippen molar-refractivity contribution >= 4 is 23.9 Å². The molecular formula is C23H37N5O6. The third-order valence-electron chi connectivity index (χ3n) is 4.84. The van der Waals surface area contributed by atoms with Crippen LogP contribution in [0.25, 0.3) is 0 Å². The van der Waals surface area contributed by atoms with Gasteiger partial charge >= 0.3 is 12.1 Å². The van der Waals surface area contributed by atoms with Gasteiger partial charge in [-0.25, -0.2) is 9.59 Å². The van der Waals surface area contributed by atoms with E-state index in [-0.39, 0.29) is 31.1 Å². The fourth-order valence-electron chi connectivity index (χ4n) is 3.32.